The Labute approximate surface area is 162 Å². The summed E-state index contributed by atoms with van der Waals surface area (Å²) in [5, 5.41) is 9.97. The first-order valence-electron chi connectivity index (χ1n) is 8.11. The summed E-state index contributed by atoms with van der Waals surface area (Å²) >= 11 is 7.74. The first kappa shape index (κ1) is 18.5. The SMILES string of the molecule is CN(C)C(=O)CSc1nnc(-c2ccccc2Cl)n1Cc1ccccc1. The average molecular weight is 387 g/mol. The van der Waals surface area contributed by atoms with Gasteiger partial charge in [-0.25, -0.2) is 0 Å². The minimum atomic E-state index is 0.0311. The van der Waals surface area contributed by atoms with Gasteiger partial charge in [-0.3, -0.25) is 9.36 Å². The van der Waals surface area contributed by atoms with E-state index in [0.717, 1.165) is 11.1 Å². The van der Waals surface area contributed by atoms with Crippen LogP contribution in [-0.4, -0.2) is 45.4 Å². The number of carbonyl (C=O) groups excluding carboxylic acids is 1. The molecule has 2 aromatic carbocycles. The number of thioether (sulfide) groups is 1. The van der Waals surface area contributed by atoms with E-state index in [1.807, 2.05) is 47.0 Å². The highest BCUT2D eigenvalue weighted by molar-refractivity contribution is 7.99. The third-order valence-electron chi connectivity index (χ3n) is 3.84. The number of amides is 1. The molecule has 26 heavy (non-hydrogen) atoms. The molecule has 134 valence electrons. The zero-order chi connectivity index (χ0) is 18.5. The van der Waals surface area contributed by atoms with Crippen LogP contribution in [0.1, 0.15) is 5.56 Å². The van der Waals surface area contributed by atoms with E-state index >= 15 is 0 Å². The summed E-state index contributed by atoms with van der Waals surface area (Å²) in [7, 11) is 3.49. The van der Waals surface area contributed by atoms with E-state index in [0.29, 0.717) is 28.3 Å². The van der Waals surface area contributed by atoms with Gasteiger partial charge in [0.15, 0.2) is 11.0 Å². The summed E-state index contributed by atoms with van der Waals surface area (Å²) in [6, 6.07) is 17.6. The number of nitrogens with zero attached hydrogens (tertiary/aromatic N) is 4. The summed E-state index contributed by atoms with van der Waals surface area (Å²) in [6.45, 7) is 0.604. The van der Waals surface area contributed by atoms with E-state index in [1.54, 1.807) is 19.0 Å². The molecule has 0 radical (unpaired) electrons. The second-order valence-corrected chi connectivity index (χ2v) is 7.28. The van der Waals surface area contributed by atoms with Gasteiger partial charge in [-0.1, -0.05) is 65.8 Å². The zero-order valence-corrected chi connectivity index (χ0v) is 16.2. The number of benzene rings is 2. The van der Waals surface area contributed by atoms with Crippen molar-refractivity contribution in [2.75, 3.05) is 19.8 Å². The molecule has 3 aromatic rings. The second-order valence-electron chi connectivity index (χ2n) is 5.93. The van der Waals surface area contributed by atoms with E-state index < -0.39 is 0 Å². The van der Waals surface area contributed by atoms with Crippen LogP contribution in [0.4, 0.5) is 0 Å². The van der Waals surface area contributed by atoms with Crippen LogP contribution >= 0.6 is 23.4 Å². The van der Waals surface area contributed by atoms with Crippen molar-refractivity contribution in [3.05, 3.63) is 65.2 Å². The highest BCUT2D eigenvalue weighted by Gasteiger charge is 2.18. The van der Waals surface area contributed by atoms with Crippen molar-refractivity contribution in [2.45, 2.75) is 11.7 Å². The van der Waals surface area contributed by atoms with E-state index in [9.17, 15) is 4.79 Å². The summed E-state index contributed by atoms with van der Waals surface area (Å²) in [6.07, 6.45) is 0. The predicted octanol–water partition coefficient (Wildman–Crippen LogP) is 3.83. The van der Waals surface area contributed by atoms with Crippen LogP contribution in [-0.2, 0) is 11.3 Å². The fourth-order valence-corrected chi connectivity index (χ4v) is 3.54. The minimum absolute atomic E-state index is 0.0311. The highest BCUT2D eigenvalue weighted by atomic mass is 35.5. The van der Waals surface area contributed by atoms with Gasteiger partial charge in [-0.05, 0) is 17.7 Å². The molecule has 0 spiro atoms. The molecule has 0 saturated heterocycles. The molecule has 3 rings (SSSR count). The molecule has 0 unspecified atom stereocenters. The lowest BCUT2D eigenvalue weighted by Crippen LogP contribution is -2.23. The Morgan fingerprint density at radius 1 is 1.08 bits per heavy atom. The van der Waals surface area contributed by atoms with Crippen molar-refractivity contribution in [1.29, 1.82) is 0 Å². The first-order chi connectivity index (χ1) is 12.6. The molecular formula is C19H19ClN4OS. The monoisotopic (exact) mass is 386 g/mol. The van der Waals surface area contributed by atoms with Crippen LogP contribution in [0.2, 0.25) is 5.02 Å². The molecule has 0 fully saturated rings. The Kier molecular flexibility index (Phi) is 5.96. The molecule has 1 aromatic heterocycles. The van der Waals surface area contributed by atoms with Crippen molar-refractivity contribution in [1.82, 2.24) is 19.7 Å². The Morgan fingerprint density at radius 3 is 2.46 bits per heavy atom. The molecule has 7 heteroatoms. The normalized spacial score (nSPS) is 10.7. The molecule has 0 aliphatic heterocycles. The van der Waals surface area contributed by atoms with Gasteiger partial charge >= 0.3 is 0 Å². The molecule has 0 bridgehead atoms. The summed E-state index contributed by atoms with van der Waals surface area (Å²) in [5.41, 5.74) is 1.95. The maximum absolute atomic E-state index is 11.9. The predicted molar refractivity (Wildman–Crippen MR) is 105 cm³/mol. The highest BCUT2D eigenvalue weighted by Crippen LogP contribution is 2.30. The smallest absolute Gasteiger partial charge is 0.232 e. The van der Waals surface area contributed by atoms with Crippen LogP contribution in [0.15, 0.2) is 59.8 Å². The molecule has 1 heterocycles. The van der Waals surface area contributed by atoms with E-state index in [2.05, 4.69) is 22.3 Å². The van der Waals surface area contributed by atoms with Gasteiger partial charge in [0.1, 0.15) is 0 Å². The molecule has 0 saturated carbocycles. The van der Waals surface area contributed by atoms with E-state index in [1.165, 1.54) is 11.8 Å². The second kappa shape index (κ2) is 8.38. The van der Waals surface area contributed by atoms with Crippen LogP contribution in [0.25, 0.3) is 11.4 Å². The third-order valence-corrected chi connectivity index (χ3v) is 5.12. The number of hydrogen-bond donors (Lipinski definition) is 0. The summed E-state index contributed by atoms with van der Waals surface area (Å²) in [5.74, 6) is 1.03. The molecule has 0 N–H and O–H groups in total. The minimum Gasteiger partial charge on any atom is -0.348 e. The van der Waals surface area contributed by atoms with Crippen LogP contribution in [0.5, 0.6) is 0 Å². The summed E-state index contributed by atoms with van der Waals surface area (Å²) in [4.78, 5) is 13.5. The maximum atomic E-state index is 11.9. The number of halogens is 1. The third kappa shape index (κ3) is 4.26. The number of aromatic nitrogens is 3. The zero-order valence-electron chi connectivity index (χ0n) is 14.6. The lowest BCUT2D eigenvalue weighted by Gasteiger charge is -2.12. The van der Waals surface area contributed by atoms with E-state index in [4.69, 9.17) is 11.6 Å². The Hall–Kier alpha value is -2.31. The fraction of sp³-hybridized carbons (Fsp3) is 0.211. The first-order valence-corrected chi connectivity index (χ1v) is 9.47. The van der Waals surface area contributed by atoms with Crippen molar-refractivity contribution >= 4 is 29.3 Å². The lowest BCUT2D eigenvalue weighted by atomic mass is 10.2. The topological polar surface area (TPSA) is 51.0 Å². The van der Waals surface area contributed by atoms with Crippen molar-refractivity contribution in [3.8, 4) is 11.4 Å². The molecule has 1 amide bonds. The van der Waals surface area contributed by atoms with Gasteiger partial charge in [-0.2, -0.15) is 0 Å². The van der Waals surface area contributed by atoms with Crippen LogP contribution in [0.3, 0.4) is 0 Å². The van der Waals surface area contributed by atoms with Crippen LogP contribution in [0, 0.1) is 0 Å². The Morgan fingerprint density at radius 2 is 1.77 bits per heavy atom. The number of carbonyl (C=O) groups is 1. The van der Waals surface area contributed by atoms with Crippen LogP contribution < -0.4 is 0 Å². The molecule has 5 nitrogen and oxygen atoms in total. The largest absolute Gasteiger partial charge is 0.348 e. The maximum Gasteiger partial charge on any atom is 0.232 e. The van der Waals surface area contributed by atoms with Gasteiger partial charge < -0.3 is 4.90 Å². The quantitative estimate of drug-likeness (QED) is 0.604. The molecule has 0 aliphatic rings. The summed E-state index contributed by atoms with van der Waals surface area (Å²) < 4.78 is 2.00. The van der Waals surface area contributed by atoms with Gasteiger partial charge in [0.05, 0.1) is 17.3 Å². The number of rotatable bonds is 6. The fourth-order valence-electron chi connectivity index (χ4n) is 2.40. The lowest BCUT2D eigenvalue weighted by molar-refractivity contribution is -0.125. The Bertz CT molecular complexity index is 896. The molecule has 0 atom stereocenters. The Balaban J connectivity index is 1.97. The number of hydrogen-bond acceptors (Lipinski definition) is 4. The standard InChI is InChI=1S/C19H19ClN4OS/c1-23(2)17(25)13-26-19-22-21-18(15-10-6-7-11-16(15)20)24(19)12-14-8-4-3-5-9-14/h3-11H,12-13H2,1-2H3. The van der Waals surface area contributed by atoms with Gasteiger partial charge in [-0.15, -0.1) is 10.2 Å². The van der Waals surface area contributed by atoms with E-state index in [-0.39, 0.29) is 5.91 Å². The van der Waals surface area contributed by atoms with Gasteiger partial charge in [0.25, 0.3) is 0 Å². The van der Waals surface area contributed by atoms with Crippen molar-refractivity contribution in [2.24, 2.45) is 0 Å². The van der Waals surface area contributed by atoms with Gasteiger partial charge in [0.2, 0.25) is 5.91 Å². The van der Waals surface area contributed by atoms with Crippen molar-refractivity contribution < 1.29 is 4.79 Å². The average Bonchev–Trinajstić information content (AvgIpc) is 3.03. The van der Waals surface area contributed by atoms with Gasteiger partial charge in [0, 0.05) is 19.7 Å². The molecule has 0 aliphatic carbocycles. The molecular weight excluding hydrogens is 368 g/mol. The van der Waals surface area contributed by atoms with Crippen molar-refractivity contribution in [3.63, 3.8) is 0 Å².